The molecule has 6 heteroatoms. The van der Waals surface area contributed by atoms with Crippen molar-refractivity contribution < 1.29 is 9.53 Å². The maximum absolute atomic E-state index is 12.0. The van der Waals surface area contributed by atoms with Gasteiger partial charge in [-0.1, -0.05) is 45.8 Å². The summed E-state index contributed by atoms with van der Waals surface area (Å²) in [6.07, 6.45) is 0. The Hall–Kier alpha value is -2.18. The maximum Gasteiger partial charge on any atom is 0.264 e. The van der Waals surface area contributed by atoms with E-state index in [1.165, 1.54) is 16.9 Å². The van der Waals surface area contributed by atoms with Crippen LogP contribution in [0.2, 0.25) is 0 Å². The zero-order valence-corrected chi connectivity index (χ0v) is 15.4. The Bertz CT molecular complexity index is 829. The second-order valence-electron chi connectivity index (χ2n) is 5.19. The summed E-state index contributed by atoms with van der Waals surface area (Å²) in [5.41, 5.74) is 3.08. The predicted molar refractivity (Wildman–Crippen MR) is 101 cm³/mol. The molecular formula is C18H15BrN2O2S. The molecule has 0 aliphatic rings. The third-order valence-corrected chi connectivity index (χ3v) is 4.57. The van der Waals surface area contributed by atoms with Crippen LogP contribution in [0.1, 0.15) is 5.56 Å². The van der Waals surface area contributed by atoms with Crippen molar-refractivity contribution >= 4 is 38.3 Å². The van der Waals surface area contributed by atoms with Gasteiger partial charge in [0.2, 0.25) is 0 Å². The molecule has 0 aliphatic heterocycles. The number of thiazole rings is 1. The van der Waals surface area contributed by atoms with E-state index in [9.17, 15) is 4.79 Å². The van der Waals surface area contributed by atoms with Crippen molar-refractivity contribution in [2.75, 3.05) is 11.9 Å². The van der Waals surface area contributed by atoms with Gasteiger partial charge in [-0.25, -0.2) is 4.98 Å². The van der Waals surface area contributed by atoms with Gasteiger partial charge in [0.05, 0.1) is 5.69 Å². The van der Waals surface area contributed by atoms with Gasteiger partial charge in [-0.3, -0.25) is 10.1 Å². The minimum atomic E-state index is -0.234. The van der Waals surface area contributed by atoms with E-state index in [2.05, 4.69) is 26.2 Å². The molecule has 2 aromatic carbocycles. The monoisotopic (exact) mass is 402 g/mol. The number of rotatable bonds is 5. The first-order chi connectivity index (χ1) is 11.6. The summed E-state index contributed by atoms with van der Waals surface area (Å²) in [5, 5.41) is 5.25. The van der Waals surface area contributed by atoms with Crippen LogP contribution in [-0.2, 0) is 4.79 Å². The summed E-state index contributed by atoms with van der Waals surface area (Å²) in [7, 11) is 0. The molecule has 1 amide bonds. The zero-order valence-electron chi connectivity index (χ0n) is 13.0. The number of ether oxygens (including phenoxy) is 1. The highest BCUT2D eigenvalue weighted by atomic mass is 79.9. The molecular weight excluding hydrogens is 388 g/mol. The summed E-state index contributed by atoms with van der Waals surface area (Å²) < 4.78 is 6.41. The van der Waals surface area contributed by atoms with E-state index in [1.54, 1.807) is 12.1 Å². The second kappa shape index (κ2) is 7.59. The van der Waals surface area contributed by atoms with Crippen LogP contribution in [0.3, 0.4) is 0 Å². The van der Waals surface area contributed by atoms with Gasteiger partial charge < -0.3 is 4.74 Å². The Labute approximate surface area is 152 Å². The second-order valence-corrected chi connectivity index (χ2v) is 6.97. The van der Waals surface area contributed by atoms with E-state index in [1.807, 2.05) is 48.7 Å². The number of nitrogens with one attached hydrogen (secondary N) is 1. The molecule has 0 aliphatic carbocycles. The van der Waals surface area contributed by atoms with Gasteiger partial charge in [0.25, 0.3) is 5.91 Å². The summed E-state index contributed by atoms with van der Waals surface area (Å²) in [6.45, 7) is 1.99. The van der Waals surface area contributed by atoms with Gasteiger partial charge in [-0.15, -0.1) is 11.3 Å². The third-order valence-electron chi connectivity index (χ3n) is 3.28. The molecule has 0 saturated heterocycles. The van der Waals surface area contributed by atoms with Gasteiger partial charge in [-0.05, 0) is 31.2 Å². The lowest BCUT2D eigenvalue weighted by Crippen LogP contribution is -2.20. The molecule has 0 atom stereocenters. The van der Waals surface area contributed by atoms with Crippen LogP contribution in [0.15, 0.2) is 58.4 Å². The number of hydrogen-bond donors (Lipinski definition) is 1. The highest BCUT2D eigenvalue weighted by molar-refractivity contribution is 9.10. The number of benzene rings is 2. The van der Waals surface area contributed by atoms with Gasteiger partial charge in [-0.2, -0.15) is 0 Å². The van der Waals surface area contributed by atoms with Crippen LogP contribution in [0, 0.1) is 6.92 Å². The molecule has 3 rings (SSSR count). The predicted octanol–water partition coefficient (Wildman–Crippen LogP) is 4.90. The van der Waals surface area contributed by atoms with E-state index < -0.39 is 0 Å². The van der Waals surface area contributed by atoms with Crippen LogP contribution in [0.5, 0.6) is 5.75 Å². The standard InChI is InChI=1S/C18H15BrN2O2S/c1-12-2-4-13(5-3-12)16-11-24-18(20-16)21-17(22)10-23-15-8-6-14(19)7-9-15/h2-9,11H,10H2,1H3,(H,20,21,22). The zero-order chi connectivity index (χ0) is 16.9. The van der Waals surface area contributed by atoms with Crippen molar-refractivity contribution in [2.45, 2.75) is 6.92 Å². The molecule has 24 heavy (non-hydrogen) atoms. The molecule has 3 aromatic rings. The number of halogens is 1. The summed E-state index contributed by atoms with van der Waals surface area (Å²) in [4.78, 5) is 16.4. The number of nitrogens with zero attached hydrogens (tertiary/aromatic N) is 1. The number of anilines is 1. The summed E-state index contributed by atoms with van der Waals surface area (Å²) in [6, 6.07) is 15.5. The molecule has 0 fully saturated rings. The van der Waals surface area contributed by atoms with Crippen LogP contribution in [0.4, 0.5) is 5.13 Å². The summed E-state index contributed by atoms with van der Waals surface area (Å²) >= 11 is 4.75. The largest absolute Gasteiger partial charge is 0.484 e. The fourth-order valence-electron chi connectivity index (χ4n) is 2.02. The highest BCUT2D eigenvalue weighted by Gasteiger charge is 2.09. The Morgan fingerprint density at radius 1 is 1.17 bits per heavy atom. The van der Waals surface area contributed by atoms with Gasteiger partial charge in [0, 0.05) is 15.4 Å². The number of carbonyl (C=O) groups excluding carboxylic acids is 1. The molecule has 4 nitrogen and oxygen atoms in total. The van der Waals surface area contributed by atoms with Crippen LogP contribution < -0.4 is 10.1 Å². The molecule has 0 bridgehead atoms. The van der Waals surface area contributed by atoms with Crippen LogP contribution in [-0.4, -0.2) is 17.5 Å². The Balaban J connectivity index is 1.57. The number of amides is 1. The molecule has 0 spiro atoms. The average Bonchev–Trinajstić information content (AvgIpc) is 3.03. The first-order valence-electron chi connectivity index (χ1n) is 7.31. The Morgan fingerprint density at radius 2 is 1.88 bits per heavy atom. The third kappa shape index (κ3) is 4.43. The van der Waals surface area contributed by atoms with Crippen molar-refractivity contribution in [3.8, 4) is 17.0 Å². The van der Waals surface area contributed by atoms with Gasteiger partial charge in [0.1, 0.15) is 5.75 Å². The fraction of sp³-hybridized carbons (Fsp3) is 0.111. The lowest BCUT2D eigenvalue weighted by molar-refractivity contribution is -0.118. The van der Waals surface area contributed by atoms with E-state index >= 15 is 0 Å². The van der Waals surface area contributed by atoms with Gasteiger partial charge >= 0.3 is 0 Å². The van der Waals surface area contributed by atoms with Crippen LogP contribution in [0.25, 0.3) is 11.3 Å². The number of aryl methyl sites for hydroxylation is 1. The number of aromatic nitrogens is 1. The van der Waals surface area contributed by atoms with E-state index in [0.717, 1.165) is 15.7 Å². The summed E-state index contributed by atoms with van der Waals surface area (Å²) in [5.74, 6) is 0.413. The first kappa shape index (κ1) is 16.7. The SMILES string of the molecule is Cc1ccc(-c2csc(NC(=O)COc3ccc(Br)cc3)n2)cc1. The van der Waals surface area contributed by atoms with E-state index in [4.69, 9.17) is 4.74 Å². The van der Waals surface area contributed by atoms with Crippen LogP contribution >= 0.6 is 27.3 Å². The Morgan fingerprint density at radius 3 is 2.58 bits per heavy atom. The minimum Gasteiger partial charge on any atom is -0.484 e. The van der Waals surface area contributed by atoms with E-state index in [-0.39, 0.29) is 12.5 Å². The number of hydrogen-bond acceptors (Lipinski definition) is 4. The van der Waals surface area contributed by atoms with Crippen molar-refractivity contribution in [1.82, 2.24) is 4.98 Å². The highest BCUT2D eigenvalue weighted by Crippen LogP contribution is 2.25. The molecule has 1 N–H and O–H groups in total. The fourth-order valence-corrected chi connectivity index (χ4v) is 3.02. The molecule has 1 heterocycles. The molecule has 122 valence electrons. The molecule has 0 saturated carbocycles. The molecule has 1 aromatic heterocycles. The molecule has 0 radical (unpaired) electrons. The van der Waals surface area contributed by atoms with Crippen molar-refractivity contribution in [3.63, 3.8) is 0 Å². The molecule has 0 unspecified atom stereocenters. The maximum atomic E-state index is 12.0. The van der Waals surface area contributed by atoms with Crippen molar-refractivity contribution in [2.24, 2.45) is 0 Å². The normalized spacial score (nSPS) is 10.4. The van der Waals surface area contributed by atoms with E-state index in [0.29, 0.717) is 10.9 Å². The van der Waals surface area contributed by atoms with Gasteiger partial charge in [0.15, 0.2) is 11.7 Å². The number of carbonyl (C=O) groups is 1. The Kier molecular flexibility index (Phi) is 5.27. The van der Waals surface area contributed by atoms with Crippen molar-refractivity contribution in [1.29, 1.82) is 0 Å². The minimum absolute atomic E-state index is 0.0545. The lowest BCUT2D eigenvalue weighted by Gasteiger charge is -2.05. The van der Waals surface area contributed by atoms with Crippen molar-refractivity contribution in [3.05, 3.63) is 63.9 Å². The quantitative estimate of drug-likeness (QED) is 0.660. The lowest BCUT2D eigenvalue weighted by atomic mass is 10.1. The average molecular weight is 403 g/mol. The first-order valence-corrected chi connectivity index (χ1v) is 8.98. The topological polar surface area (TPSA) is 51.2 Å². The smallest absolute Gasteiger partial charge is 0.264 e.